The van der Waals surface area contributed by atoms with Gasteiger partial charge in [0.1, 0.15) is 0 Å². The summed E-state index contributed by atoms with van der Waals surface area (Å²) in [6.45, 7) is 0. The van der Waals surface area contributed by atoms with Crippen LogP contribution in [0.3, 0.4) is 0 Å². The van der Waals surface area contributed by atoms with Gasteiger partial charge < -0.3 is 0 Å². The van der Waals surface area contributed by atoms with Crippen molar-refractivity contribution in [1.82, 2.24) is 4.90 Å². The molecule has 90 valence electrons. The van der Waals surface area contributed by atoms with Gasteiger partial charge in [0.25, 0.3) is 0 Å². The second-order valence-electron chi connectivity index (χ2n) is 3.23. The number of piperidine rings is 1. The van der Waals surface area contributed by atoms with Crippen LogP contribution in [0.2, 0.25) is 0 Å². The quantitative estimate of drug-likeness (QED) is 0.467. The van der Waals surface area contributed by atoms with E-state index in [1.165, 1.54) is 0 Å². The molecule has 0 saturated carbocycles. The molecule has 0 bridgehead atoms. The van der Waals surface area contributed by atoms with E-state index >= 15 is 0 Å². The number of rotatable bonds is 0. The minimum Gasteiger partial charge on any atom is -0.198 e. The van der Waals surface area contributed by atoms with Crippen LogP contribution in [0, 0.1) is 0 Å². The average Bonchev–Trinajstić information content (AvgIpc) is 1.98. The van der Waals surface area contributed by atoms with Crippen LogP contribution < -0.4 is 0 Å². The zero-order valence-electron chi connectivity index (χ0n) is 7.18. The minimum absolute atomic E-state index is 0.180. The van der Waals surface area contributed by atoms with Gasteiger partial charge in [0.2, 0.25) is 0 Å². The van der Waals surface area contributed by atoms with E-state index in [1.807, 2.05) is 0 Å². The molecule has 0 aromatic rings. The third-order valence-electron chi connectivity index (χ3n) is 2.17. The minimum atomic E-state index is -5.31. The first-order valence-electron chi connectivity index (χ1n) is 3.61. The van der Waals surface area contributed by atoms with Crippen LogP contribution in [-0.4, -0.2) is 35.9 Å². The second kappa shape index (κ2) is 2.74. The zero-order valence-corrected chi connectivity index (χ0v) is 7.18. The van der Waals surface area contributed by atoms with Gasteiger partial charge in [-0.25, -0.2) is 0 Å². The Kier molecular flexibility index (Phi) is 2.28. The molecule has 0 unspecified atom stereocenters. The van der Waals surface area contributed by atoms with Gasteiger partial charge in [-0.2, -0.15) is 40.0 Å². The van der Waals surface area contributed by atoms with E-state index in [0.717, 1.165) is 0 Å². The van der Waals surface area contributed by atoms with Gasteiger partial charge in [0.05, 0.1) is 6.42 Å². The Labute approximate surface area is 78.6 Å². The molecule has 1 aliphatic heterocycles. The molecular weight excluding hydrogens is 238 g/mol. The lowest BCUT2D eigenvalue weighted by Crippen LogP contribution is -2.71. The number of alkyl halides is 8. The molecule has 1 rings (SSSR count). The van der Waals surface area contributed by atoms with Crippen LogP contribution in [-0.2, 0) is 0 Å². The highest BCUT2D eigenvalue weighted by Gasteiger charge is 2.79. The number of hydrogen-bond acceptors (Lipinski definition) is 1. The first-order chi connectivity index (χ1) is 6.36. The van der Waals surface area contributed by atoms with Crippen molar-refractivity contribution in [3.8, 4) is 0 Å². The lowest BCUT2D eigenvalue weighted by Gasteiger charge is -2.46. The molecule has 1 nitrogen and oxygen atoms in total. The highest BCUT2D eigenvalue weighted by atomic mass is 19.3. The van der Waals surface area contributed by atoms with E-state index in [2.05, 4.69) is 0 Å². The van der Waals surface area contributed by atoms with E-state index in [-0.39, 0.29) is 7.05 Å². The van der Waals surface area contributed by atoms with Crippen LogP contribution in [0.4, 0.5) is 35.1 Å². The Morgan fingerprint density at radius 3 is 1.27 bits per heavy atom. The van der Waals surface area contributed by atoms with Gasteiger partial charge >= 0.3 is 23.9 Å². The number of halogens is 8. The normalized spacial score (nSPS) is 32.6. The topological polar surface area (TPSA) is 3.24 Å². The molecule has 0 aliphatic carbocycles. The van der Waals surface area contributed by atoms with E-state index in [1.54, 1.807) is 0 Å². The molecule has 0 spiro atoms. The molecule has 15 heavy (non-hydrogen) atoms. The van der Waals surface area contributed by atoms with Crippen molar-refractivity contribution in [2.45, 2.75) is 30.4 Å². The van der Waals surface area contributed by atoms with Crippen LogP contribution in [0.1, 0.15) is 6.42 Å². The number of likely N-dealkylation sites (tertiary alicyclic amines) is 1. The van der Waals surface area contributed by atoms with Crippen molar-refractivity contribution in [1.29, 1.82) is 0 Å². The van der Waals surface area contributed by atoms with Crippen LogP contribution in [0.5, 0.6) is 0 Å². The molecule has 0 amide bonds. The highest BCUT2D eigenvalue weighted by Crippen LogP contribution is 2.56. The average molecular weight is 243 g/mol. The third kappa shape index (κ3) is 1.39. The predicted octanol–water partition coefficient (Wildman–Crippen LogP) is 2.78. The van der Waals surface area contributed by atoms with Crippen molar-refractivity contribution in [2.24, 2.45) is 0 Å². The van der Waals surface area contributed by atoms with E-state index in [9.17, 15) is 35.1 Å². The monoisotopic (exact) mass is 243 g/mol. The zero-order chi connectivity index (χ0) is 12.3. The summed E-state index contributed by atoms with van der Waals surface area (Å²) in [5.41, 5.74) is 0. The maximum absolute atomic E-state index is 12.6. The van der Waals surface area contributed by atoms with Gasteiger partial charge in [-0.1, -0.05) is 0 Å². The SMILES string of the molecule is CN1C(F)(F)C(F)(F)CC(F)(F)C1(F)F. The Balaban J connectivity index is 3.24. The Hall–Kier alpha value is -0.600. The molecule has 1 saturated heterocycles. The van der Waals surface area contributed by atoms with Crippen molar-refractivity contribution < 1.29 is 35.1 Å². The summed E-state index contributed by atoms with van der Waals surface area (Å²) < 4.78 is 100. The lowest BCUT2D eigenvalue weighted by atomic mass is 9.99. The fourth-order valence-electron chi connectivity index (χ4n) is 1.16. The first-order valence-corrected chi connectivity index (χ1v) is 3.61. The molecule has 1 fully saturated rings. The van der Waals surface area contributed by atoms with Gasteiger partial charge in [-0.15, -0.1) is 0 Å². The lowest BCUT2D eigenvalue weighted by molar-refractivity contribution is -0.431. The summed E-state index contributed by atoms with van der Waals surface area (Å²) in [7, 11) is -0.180. The molecule has 1 aliphatic rings. The molecule has 0 N–H and O–H groups in total. The van der Waals surface area contributed by atoms with Crippen molar-refractivity contribution >= 4 is 0 Å². The Morgan fingerprint density at radius 2 is 1.00 bits per heavy atom. The molecule has 0 radical (unpaired) electrons. The maximum atomic E-state index is 12.6. The van der Waals surface area contributed by atoms with E-state index in [0.29, 0.717) is 0 Å². The first kappa shape index (κ1) is 12.5. The Bertz CT molecular complexity index is 246. The van der Waals surface area contributed by atoms with E-state index in [4.69, 9.17) is 0 Å². The summed E-state index contributed by atoms with van der Waals surface area (Å²) in [5, 5.41) is 0. The molecule has 9 heteroatoms. The van der Waals surface area contributed by atoms with Crippen LogP contribution >= 0.6 is 0 Å². The molecule has 0 aromatic heterocycles. The smallest absolute Gasteiger partial charge is 0.198 e. The van der Waals surface area contributed by atoms with Crippen LogP contribution in [0.15, 0.2) is 0 Å². The summed E-state index contributed by atoms with van der Waals surface area (Å²) in [6, 6.07) is -10.6. The number of nitrogens with zero attached hydrogens (tertiary/aromatic N) is 1. The largest absolute Gasteiger partial charge is 0.372 e. The molecule has 1 heterocycles. The predicted molar refractivity (Wildman–Crippen MR) is 32.2 cm³/mol. The van der Waals surface area contributed by atoms with Crippen molar-refractivity contribution in [2.75, 3.05) is 7.05 Å². The van der Waals surface area contributed by atoms with E-state index < -0.39 is 35.3 Å². The summed E-state index contributed by atoms with van der Waals surface area (Å²) >= 11 is 0. The fraction of sp³-hybridized carbons (Fsp3) is 1.00. The number of hydrogen-bond donors (Lipinski definition) is 0. The van der Waals surface area contributed by atoms with Gasteiger partial charge in [0, 0.05) is 0 Å². The Morgan fingerprint density at radius 1 is 0.733 bits per heavy atom. The van der Waals surface area contributed by atoms with Crippen LogP contribution in [0.25, 0.3) is 0 Å². The van der Waals surface area contributed by atoms with Crippen molar-refractivity contribution in [3.05, 3.63) is 0 Å². The molecule has 0 atom stereocenters. The molecule has 0 aromatic carbocycles. The highest BCUT2D eigenvalue weighted by molar-refractivity contribution is 5.02. The maximum Gasteiger partial charge on any atom is 0.372 e. The summed E-state index contributed by atoms with van der Waals surface area (Å²) in [5.74, 6) is -10.4. The summed E-state index contributed by atoms with van der Waals surface area (Å²) in [6.07, 6.45) is -2.88. The van der Waals surface area contributed by atoms with Gasteiger partial charge in [0.15, 0.2) is 0 Å². The van der Waals surface area contributed by atoms with Gasteiger partial charge in [-0.05, 0) is 7.05 Å². The second-order valence-corrected chi connectivity index (χ2v) is 3.23. The third-order valence-corrected chi connectivity index (χ3v) is 2.17. The van der Waals surface area contributed by atoms with Gasteiger partial charge in [-0.3, -0.25) is 0 Å². The molecular formula is C6H5F8N. The fourth-order valence-corrected chi connectivity index (χ4v) is 1.16. The van der Waals surface area contributed by atoms with Crippen molar-refractivity contribution in [3.63, 3.8) is 0 Å². The standard InChI is InChI=1S/C6H5F8N/c1-15-5(11,12)3(7,8)2-4(9,10)6(15,13)14/h2H2,1H3. The summed E-state index contributed by atoms with van der Waals surface area (Å²) in [4.78, 5) is -1.59.